The van der Waals surface area contributed by atoms with Crippen molar-refractivity contribution >= 4 is 11.4 Å². The summed E-state index contributed by atoms with van der Waals surface area (Å²) in [5, 5.41) is 20.2. The van der Waals surface area contributed by atoms with E-state index < -0.39 is 4.92 Å². The highest BCUT2D eigenvalue weighted by molar-refractivity contribution is 5.55. The molecule has 1 aromatic heterocycles. The van der Waals surface area contributed by atoms with Crippen molar-refractivity contribution in [3.05, 3.63) is 64.0 Å². The van der Waals surface area contributed by atoms with Crippen molar-refractivity contribution in [3.63, 3.8) is 0 Å². The first-order chi connectivity index (χ1) is 10.2. The van der Waals surface area contributed by atoms with Crippen molar-refractivity contribution in [1.82, 2.24) is 4.98 Å². The van der Waals surface area contributed by atoms with Gasteiger partial charge in [0, 0.05) is 24.5 Å². The van der Waals surface area contributed by atoms with E-state index in [1.807, 2.05) is 30.0 Å². The molecule has 110 valence electrons. The number of hydrogen-bond acceptors (Lipinski definition) is 5. The third-order valence-corrected chi connectivity index (χ3v) is 3.26. The van der Waals surface area contributed by atoms with E-state index in [1.54, 1.807) is 18.3 Å². The Morgan fingerprint density at radius 1 is 1.33 bits per heavy atom. The molecule has 0 bridgehead atoms. The quantitative estimate of drug-likeness (QED) is 0.652. The number of benzene rings is 1. The third-order valence-electron chi connectivity index (χ3n) is 3.26. The molecule has 0 aliphatic heterocycles. The zero-order valence-corrected chi connectivity index (χ0v) is 11.8. The number of pyridine rings is 1. The lowest BCUT2D eigenvalue weighted by Gasteiger charge is -2.23. The monoisotopic (exact) mass is 287 g/mol. The summed E-state index contributed by atoms with van der Waals surface area (Å²) in [4.78, 5) is 16.7. The van der Waals surface area contributed by atoms with Gasteiger partial charge in [-0.1, -0.05) is 6.07 Å². The summed E-state index contributed by atoms with van der Waals surface area (Å²) < 4.78 is 0. The Morgan fingerprint density at radius 3 is 2.71 bits per heavy atom. The van der Waals surface area contributed by atoms with Crippen molar-refractivity contribution in [2.24, 2.45) is 0 Å². The molecule has 21 heavy (non-hydrogen) atoms. The Labute approximate surface area is 122 Å². The minimum atomic E-state index is -0.482. The molecular weight excluding hydrogens is 270 g/mol. The molecule has 0 radical (unpaired) electrons. The maximum absolute atomic E-state index is 10.9. The minimum absolute atomic E-state index is 0.0601. The molecule has 0 amide bonds. The molecular formula is C15H17N3O3. The number of nitrogens with zero attached hydrogens (tertiary/aromatic N) is 3. The summed E-state index contributed by atoms with van der Waals surface area (Å²) >= 11 is 0. The lowest BCUT2D eigenvalue weighted by molar-refractivity contribution is -0.385. The SMILES string of the molecule is CCN(Cc1ccccn1)c1ccc([N+](=O)[O-])c(CO)c1. The fraction of sp³-hybridized carbons (Fsp3) is 0.267. The summed E-state index contributed by atoms with van der Waals surface area (Å²) in [6.07, 6.45) is 1.73. The van der Waals surface area contributed by atoms with E-state index in [4.69, 9.17) is 0 Å². The average Bonchev–Trinajstić information content (AvgIpc) is 2.52. The van der Waals surface area contributed by atoms with Gasteiger partial charge in [-0.2, -0.15) is 0 Å². The Balaban J connectivity index is 2.28. The number of aliphatic hydroxyl groups excluding tert-OH is 1. The molecule has 0 saturated heterocycles. The van der Waals surface area contributed by atoms with Crippen LogP contribution in [0.3, 0.4) is 0 Å². The van der Waals surface area contributed by atoms with Crippen LogP contribution >= 0.6 is 0 Å². The number of rotatable bonds is 6. The molecule has 0 aliphatic carbocycles. The molecule has 6 nitrogen and oxygen atoms in total. The highest BCUT2D eigenvalue weighted by atomic mass is 16.6. The van der Waals surface area contributed by atoms with Gasteiger partial charge in [0.25, 0.3) is 5.69 Å². The van der Waals surface area contributed by atoms with Crippen LogP contribution in [-0.4, -0.2) is 21.6 Å². The van der Waals surface area contributed by atoms with Gasteiger partial charge in [-0.15, -0.1) is 0 Å². The van der Waals surface area contributed by atoms with Crippen LogP contribution in [0.4, 0.5) is 11.4 Å². The fourth-order valence-electron chi connectivity index (χ4n) is 2.15. The van der Waals surface area contributed by atoms with E-state index >= 15 is 0 Å². The highest BCUT2D eigenvalue weighted by Crippen LogP contribution is 2.25. The number of aliphatic hydroxyl groups is 1. The standard InChI is InChI=1S/C15H17N3O3/c1-2-17(10-13-5-3-4-8-16-13)14-6-7-15(18(20)21)12(9-14)11-19/h3-9,19H,2,10-11H2,1H3. The van der Waals surface area contributed by atoms with Crippen LogP contribution in [0.25, 0.3) is 0 Å². The van der Waals surface area contributed by atoms with Crippen LogP contribution in [-0.2, 0) is 13.2 Å². The van der Waals surface area contributed by atoms with Crippen LogP contribution in [0.2, 0.25) is 0 Å². The van der Waals surface area contributed by atoms with E-state index in [0.29, 0.717) is 12.1 Å². The zero-order chi connectivity index (χ0) is 15.2. The summed E-state index contributed by atoms with van der Waals surface area (Å²) in [7, 11) is 0. The molecule has 0 fully saturated rings. The predicted octanol–water partition coefficient (Wildman–Crippen LogP) is 2.51. The summed E-state index contributed by atoms with van der Waals surface area (Å²) in [5.74, 6) is 0. The van der Waals surface area contributed by atoms with E-state index in [9.17, 15) is 15.2 Å². The number of aromatic nitrogens is 1. The Bertz CT molecular complexity index is 617. The molecule has 2 rings (SSSR count). The molecule has 2 aromatic rings. The molecule has 0 unspecified atom stereocenters. The summed E-state index contributed by atoms with van der Waals surface area (Å²) in [6.45, 7) is 2.99. The van der Waals surface area contributed by atoms with Crippen LogP contribution < -0.4 is 4.90 Å². The van der Waals surface area contributed by atoms with Crippen LogP contribution in [0.1, 0.15) is 18.2 Å². The number of nitro groups is 1. The molecule has 1 N–H and O–H groups in total. The average molecular weight is 287 g/mol. The maximum atomic E-state index is 10.9. The van der Waals surface area contributed by atoms with Gasteiger partial charge in [0.1, 0.15) is 0 Å². The van der Waals surface area contributed by atoms with Gasteiger partial charge >= 0.3 is 0 Å². The van der Waals surface area contributed by atoms with E-state index in [2.05, 4.69) is 4.98 Å². The largest absolute Gasteiger partial charge is 0.391 e. The molecule has 0 aliphatic rings. The number of hydrogen-bond donors (Lipinski definition) is 1. The van der Waals surface area contributed by atoms with Gasteiger partial charge in [0.2, 0.25) is 0 Å². The van der Waals surface area contributed by atoms with E-state index in [1.165, 1.54) is 6.07 Å². The van der Waals surface area contributed by atoms with Crippen LogP contribution in [0.15, 0.2) is 42.6 Å². The Hall–Kier alpha value is -2.47. The first-order valence-electron chi connectivity index (χ1n) is 6.68. The number of anilines is 1. The normalized spacial score (nSPS) is 10.4. The Kier molecular flexibility index (Phi) is 4.84. The topological polar surface area (TPSA) is 79.5 Å². The zero-order valence-electron chi connectivity index (χ0n) is 11.8. The van der Waals surface area contributed by atoms with Crippen molar-refractivity contribution in [3.8, 4) is 0 Å². The summed E-state index contributed by atoms with van der Waals surface area (Å²) in [5.41, 5.74) is 2.01. The first-order valence-corrected chi connectivity index (χ1v) is 6.68. The van der Waals surface area contributed by atoms with Crippen molar-refractivity contribution in [2.45, 2.75) is 20.1 Å². The Morgan fingerprint density at radius 2 is 2.14 bits per heavy atom. The van der Waals surface area contributed by atoms with Gasteiger partial charge in [-0.3, -0.25) is 15.1 Å². The summed E-state index contributed by atoms with van der Waals surface area (Å²) in [6, 6.07) is 10.5. The van der Waals surface area contributed by atoms with Crippen molar-refractivity contribution in [1.29, 1.82) is 0 Å². The first kappa shape index (κ1) is 14.9. The third kappa shape index (κ3) is 3.55. The number of nitro benzene ring substituents is 1. The molecule has 0 saturated carbocycles. The highest BCUT2D eigenvalue weighted by Gasteiger charge is 2.15. The maximum Gasteiger partial charge on any atom is 0.275 e. The van der Waals surface area contributed by atoms with Crippen molar-refractivity contribution < 1.29 is 10.0 Å². The van der Waals surface area contributed by atoms with E-state index in [-0.39, 0.29) is 12.3 Å². The van der Waals surface area contributed by atoms with Crippen molar-refractivity contribution in [2.75, 3.05) is 11.4 Å². The second kappa shape index (κ2) is 6.81. The molecule has 0 spiro atoms. The van der Waals surface area contributed by atoms with E-state index in [0.717, 1.165) is 17.9 Å². The van der Waals surface area contributed by atoms with Crippen LogP contribution in [0.5, 0.6) is 0 Å². The fourth-order valence-corrected chi connectivity index (χ4v) is 2.15. The molecule has 1 heterocycles. The molecule has 6 heteroatoms. The second-order valence-electron chi connectivity index (χ2n) is 4.56. The van der Waals surface area contributed by atoms with Crippen LogP contribution in [0, 0.1) is 10.1 Å². The molecule has 0 atom stereocenters. The van der Waals surface area contributed by atoms with Gasteiger partial charge in [-0.25, -0.2) is 0 Å². The second-order valence-corrected chi connectivity index (χ2v) is 4.56. The predicted molar refractivity (Wildman–Crippen MR) is 80.0 cm³/mol. The smallest absolute Gasteiger partial charge is 0.275 e. The van der Waals surface area contributed by atoms with Gasteiger partial charge in [0.05, 0.1) is 29.3 Å². The minimum Gasteiger partial charge on any atom is -0.391 e. The lowest BCUT2D eigenvalue weighted by atomic mass is 10.1. The molecule has 1 aromatic carbocycles. The van der Waals surface area contributed by atoms with Gasteiger partial charge < -0.3 is 10.0 Å². The lowest BCUT2D eigenvalue weighted by Crippen LogP contribution is -2.22. The van der Waals surface area contributed by atoms with Gasteiger partial charge in [0.15, 0.2) is 0 Å². The van der Waals surface area contributed by atoms with Gasteiger partial charge in [-0.05, 0) is 31.2 Å².